The van der Waals surface area contributed by atoms with Gasteiger partial charge in [-0.3, -0.25) is 4.79 Å². The zero-order valence-corrected chi connectivity index (χ0v) is 15.5. The van der Waals surface area contributed by atoms with Crippen LogP contribution in [0, 0.1) is 0 Å². The van der Waals surface area contributed by atoms with Crippen molar-refractivity contribution >= 4 is 38.9 Å². The summed E-state index contributed by atoms with van der Waals surface area (Å²) in [6.07, 6.45) is 4.23. The van der Waals surface area contributed by atoms with Gasteiger partial charge in [-0.15, -0.1) is 11.3 Å². The Morgan fingerprint density at radius 3 is 2.50 bits per heavy atom. The minimum absolute atomic E-state index is 0.0522. The largest absolute Gasteiger partial charge is 0.451 e. The first kappa shape index (κ1) is 18.6. The van der Waals surface area contributed by atoms with Crippen LogP contribution in [-0.4, -0.2) is 26.9 Å². The number of aryl methyl sites for hydroxylation is 2. The van der Waals surface area contributed by atoms with Gasteiger partial charge in [-0.05, 0) is 61.6 Å². The molecule has 0 spiro atoms. The molecule has 0 saturated heterocycles. The van der Waals surface area contributed by atoms with Crippen LogP contribution in [0.2, 0.25) is 0 Å². The second kappa shape index (κ2) is 7.56. The van der Waals surface area contributed by atoms with Crippen molar-refractivity contribution in [1.82, 2.24) is 0 Å². The Morgan fingerprint density at radius 1 is 1.15 bits per heavy atom. The van der Waals surface area contributed by atoms with E-state index in [0.29, 0.717) is 10.6 Å². The summed E-state index contributed by atoms with van der Waals surface area (Å²) in [4.78, 5) is 25.7. The molecule has 9 heteroatoms. The fourth-order valence-corrected chi connectivity index (χ4v) is 4.38. The smallest absolute Gasteiger partial charge is 0.348 e. The molecule has 26 heavy (non-hydrogen) atoms. The summed E-state index contributed by atoms with van der Waals surface area (Å²) in [5, 5.41) is 7.54. The zero-order chi connectivity index (χ0) is 18.7. The van der Waals surface area contributed by atoms with E-state index in [1.807, 2.05) is 6.07 Å². The lowest BCUT2D eigenvalue weighted by atomic mass is 9.99. The number of esters is 1. The third kappa shape index (κ3) is 4.48. The lowest BCUT2D eigenvalue weighted by molar-refractivity contribution is -0.119. The Kier molecular flexibility index (Phi) is 5.40. The Labute approximate surface area is 155 Å². The van der Waals surface area contributed by atoms with E-state index in [-0.39, 0.29) is 4.90 Å². The number of hydrogen-bond acceptors (Lipinski definition) is 6. The second-order valence-electron chi connectivity index (χ2n) is 5.96. The SMILES string of the molecule is NS(=O)(=O)c1ccc(NC(=O)COC(=O)c2cc3c(s2)CCCC3)cc1. The molecular weight excluding hydrogens is 376 g/mol. The number of thiophene rings is 1. The molecule has 1 aliphatic rings. The number of sulfonamides is 1. The highest BCUT2D eigenvalue weighted by molar-refractivity contribution is 7.89. The van der Waals surface area contributed by atoms with Gasteiger partial charge in [-0.1, -0.05) is 0 Å². The quantitative estimate of drug-likeness (QED) is 0.753. The lowest BCUT2D eigenvalue weighted by Crippen LogP contribution is -2.20. The van der Waals surface area contributed by atoms with Crippen LogP contribution in [-0.2, 0) is 32.4 Å². The number of nitrogens with two attached hydrogens (primary N) is 1. The number of primary sulfonamides is 1. The molecule has 1 amide bonds. The number of anilines is 1. The van der Waals surface area contributed by atoms with Crippen LogP contribution >= 0.6 is 11.3 Å². The molecule has 138 valence electrons. The summed E-state index contributed by atoms with van der Waals surface area (Å²) in [5.74, 6) is -1.02. The summed E-state index contributed by atoms with van der Waals surface area (Å²) < 4.78 is 27.4. The van der Waals surface area contributed by atoms with Gasteiger partial charge >= 0.3 is 5.97 Å². The average molecular weight is 394 g/mol. The molecule has 0 fully saturated rings. The van der Waals surface area contributed by atoms with E-state index in [4.69, 9.17) is 9.88 Å². The van der Waals surface area contributed by atoms with Crippen LogP contribution < -0.4 is 10.5 Å². The number of fused-ring (bicyclic) bond motifs is 1. The highest BCUT2D eigenvalue weighted by atomic mass is 32.2. The predicted molar refractivity (Wildman–Crippen MR) is 97.7 cm³/mol. The summed E-state index contributed by atoms with van der Waals surface area (Å²) in [7, 11) is -3.78. The standard InChI is InChI=1S/C17H18N2O5S2/c18-26(22,23)13-7-5-12(6-8-13)19-16(20)10-24-17(21)15-9-11-3-1-2-4-14(11)25-15/h5-9H,1-4,10H2,(H,19,20)(H2,18,22,23). The molecule has 3 rings (SSSR count). The molecular formula is C17H18N2O5S2. The fraction of sp³-hybridized carbons (Fsp3) is 0.294. The second-order valence-corrected chi connectivity index (χ2v) is 8.66. The number of carbonyl (C=O) groups excluding carboxylic acids is 2. The number of nitrogens with one attached hydrogen (secondary N) is 1. The van der Waals surface area contributed by atoms with Crippen LogP contribution in [0.3, 0.4) is 0 Å². The molecule has 0 bridgehead atoms. The number of carbonyl (C=O) groups is 2. The van der Waals surface area contributed by atoms with Crippen LogP contribution in [0.4, 0.5) is 5.69 Å². The van der Waals surface area contributed by atoms with Gasteiger partial charge in [0, 0.05) is 10.6 Å². The van der Waals surface area contributed by atoms with Crippen LogP contribution in [0.1, 0.15) is 33.0 Å². The van der Waals surface area contributed by atoms with Gasteiger partial charge < -0.3 is 10.1 Å². The normalized spacial score (nSPS) is 13.7. The van der Waals surface area contributed by atoms with E-state index in [1.165, 1.54) is 46.0 Å². The molecule has 0 aliphatic heterocycles. The first-order valence-electron chi connectivity index (χ1n) is 8.04. The van der Waals surface area contributed by atoms with Crippen molar-refractivity contribution in [3.8, 4) is 0 Å². The van der Waals surface area contributed by atoms with Crippen molar-refractivity contribution in [1.29, 1.82) is 0 Å². The van der Waals surface area contributed by atoms with Crippen molar-refractivity contribution < 1.29 is 22.7 Å². The molecule has 0 atom stereocenters. The molecule has 3 N–H and O–H groups in total. The molecule has 1 aliphatic carbocycles. The van der Waals surface area contributed by atoms with E-state index >= 15 is 0 Å². The maximum absolute atomic E-state index is 12.1. The van der Waals surface area contributed by atoms with Crippen molar-refractivity contribution in [2.24, 2.45) is 5.14 Å². The molecule has 1 aromatic carbocycles. The molecule has 0 radical (unpaired) electrons. The number of benzene rings is 1. The summed E-state index contributed by atoms with van der Waals surface area (Å²) >= 11 is 1.43. The van der Waals surface area contributed by atoms with Crippen molar-refractivity contribution in [3.05, 3.63) is 45.6 Å². The minimum atomic E-state index is -3.78. The van der Waals surface area contributed by atoms with Crippen molar-refractivity contribution in [2.45, 2.75) is 30.6 Å². The van der Waals surface area contributed by atoms with Crippen LogP contribution in [0.15, 0.2) is 35.2 Å². The Hall–Kier alpha value is -2.23. The van der Waals surface area contributed by atoms with E-state index in [0.717, 1.165) is 25.7 Å². The first-order valence-corrected chi connectivity index (χ1v) is 10.4. The Balaban J connectivity index is 1.53. The Morgan fingerprint density at radius 2 is 1.85 bits per heavy atom. The number of hydrogen-bond donors (Lipinski definition) is 2. The lowest BCUT2D eigenvalue weighted by Gasteiger charge is -2.08. The van der Waals surface area contributed by atoms with Gasteiger partial charge in [-0.2, -0.15) is 0 Å². The molecule has 0 unspecified atom stereocenters. The van der Waals surface area contributed by atoms with E-state index in [9.17, 15) is 18.0 Å². The number of ether oxygens (including phenoxy) is 1. The van der Waals surface area contributed by atoms with E-state index < -0.39 is 28.5 Å². The topological polar surface area (TPSA) is 116 Å². The minimum Gasteiger partial charge on any atom is -0.451 e. The molecule has 1 aromatic heterocycles. The molecule has 0 saturated carbocycles. The van der Waals surface area contributed by atoms with Gasteiger partial charge in [0.05, 0.1) is 4.90 Å². The number of rotatable bonds is 5. The maximum Gasteiger partial charge on any atom is 0.348 e. The zero-order valence-electron chi connectivity index (χ0n) is 13.9. The highest BCUT2D eigenvalue weighted by Gasteiger charge is 2.19. The summed E-state index contributed by atoms with van der Waals surface area (Å²) in [5.41, 5.74) is 1.58. The molecule has 1 heterocycles. The van der Waals surface area contributed by atoms with Crippen molar-refractivity contribution in [2.75, 3.05) is 11.9 Å². The van der Waals surface area contributed by atoms with Gasteiger partial charge in [0.15, 0.2) is 6.61 Å². The fourth-order valence-electron chi connectivity index (χ4n) is 2.72. The highest BCUT2D eigenvalue weighted by Crippen LogP contribution is 2.30. The van der Waals surface area contributed by atoms with Gasteiger partial charge in [0.1, 0.15) is 4.88 Å². The monoisotopic (exact) mass is 394 g/mol. The third-order valence-corrected chi connectivity index (χ3v) is 6.15. The first-order chi connectivity index (χ1) is 12.3. The summed E-state index contributed by atoms with van der Waals surface area (Å²) in [6, 6.07) is 7.24. The van der Waals surface area contributed by atoms with Crippen LogP contribution in [0.5, 0.6) is 0 Å². The van der Waals surface area contributed by atoms with E-state index in [2.05, 4.69) is 5.32 Å². The predicted octanol–water partition coefficient (Wildman–Crippen LogP) is 2.07. The van der Waals surface area contributed by atoms with Gasteiger partial charge in [0.25, 0.3) is 5.91 Å². The van der Waals surface area contributed by atoms with Crippen molar-refractivity contribution in [3.63, 3.8) is 0 Å². The number of amides is 1. The van der Waals surface area contributed by atoms with Crippen LogP contribution in [0.25, 0.3) is 0 Å². The van der Waals surface area contributed by atoms with Gasteiger partial charge in [-0.25, -0.2) is 18.4 Å². The van der Waals surface area contributed by atoms with E-state index in [1.54, 1.807) is 0 Å². The summed E-state index contributed by atoms with van der Waals surface area (Å²) in [6.45, 7) is -0.418. The third-order valence-electron chi connectivity index (χ3n) is 4.00. The Bertz CT molecular complexity index is 909. The van der Waals surface area contributed by atoms with Gasteiger partial charge in [0.2, 0.25) is 10.0 Å². The molecule has 7 nitrogen and oxygen atoms in total. The molecule has 2 aromatic rings. The maximum atomic E-state index is 12.1. The average Bonchev–Trinajstić information content (AvgIpc) is 3.03.